The van der Waals surface area contributed by atoms with Gasteiger partial charge in [-0.25, -0.2) is 12.1 Å². The Kier molecular flexibility index (Phi) is 19.5. The van der Waals surface area contributed by atoms with Crippen LogP contribution in [0.4, 0.5) is 0 Å². The van der Waals surface area contributed by atoms with E-state index in [4.69, 9.17) is 0 Å². The van der Waals surface area contributed by atoms with Crippen LogP contribution in [0.1, 0.15) is 178 Å². The van der Waals surface area contributed by atoms with Crippen LogP contribution in [0.15, 0.2) is 97.1 Å². The van der Waals surface area contributed by atoms with Crippen LogP contribution >= 0.6 is 0 Å². The van der Waals surface area contributed by atoms with Crippen molar-refractivity contribution in [2.45, 2.75) is 164 Å². The molecule has 0 radical (unpaired) electrons. The van der Waals surface area contributed by atoms with Crippen molar-refractivity contribution in [3.8, 4) is 11.1 Å². The van der Waals surface area contributed by atoms with Crippen molar-refractivity contribution >= 4 is 3.26 Å². The molecule has 1 aliphatic rings. The third-order valence-corrected chi connectivity index (χ3v) is 13.0. The third kappa shape index (κ3) is 14.1. The summed E-state index contributed by atoms with van der Waals surface area (Å²) in [4.78, 5) is 0. The Morgan fingerprint density at radius 2 is 0.983 bits per heavy atom. The van der Waals surface area contributed by atoms with Gasteiger partial charge < -0.3 is 24.8 Å². The number of benzene rings is 4. The van der Waals surface area contributed by atoms with Crippen molar-refractivity contribution in [3.63, 3.8) is 0 Å². The van der Waals surface area contributed by atoms with E-state index in [1.807, 2.05) is 30.3 Å². The molecule has 312 valence electrons. The van der Waals surface area contributed by atoms with Crippen LogP contribution in [-0.4, -0.2) is 3.26 Å². The summed E-state index contributed by atoms with van der Waals surface area (Å²) in [5, 5.41) is 0. The first kappa shape index (κ1) is 51.7. The number of unbranched alkanes of at least 4 members (excludes halogenated alkanes) is 2. The van der Waals surface area contributed by atoms with Crippen LogP contribution in [0, 0.1) is 6.07 Å². The van der Waals surface area contributed by atoms with Crippen molar-refractivity contribution in [2.75, 3.05) is 0 Å². The van der Waals surface area contributed by atoms with Crippen molar-refractivity contribution in [2.24, 2.45) is 0 Å². The van der Waals surface area contributed by atoms with Gasteiger partial charge in [-0.15, -0.1) is 16.7 Å². The van der Waals surface area contributed by atoms with E-state index in [9.17, 15) is 0 Å². The first-order valence-corrected chi connectivity index (χ1v) is 23.2. The predicted octanol–water partition coefficient (Wildman–Crippen LogP) is 9.15. The van der Waals surface area contributed by atoms with E-state index >= 15 is 0 Å². The molecule has 0 spiro atoms. The Morgan fingerprint density at radius 1 is 0.569 bits per heavy atom. The van der Waals surface area contributed by atoms with Crippen molar-refractivity contribution in [3.05, 3.63) is 159 Å². The van der Waals surface area contributed by atoms with Crippen molar-refractivity contribution in [1.82, 2.24) is 0 Å². The number of hydrogen-bond donors (Lipinski definition) is 0. The number of hydrogen-bond acceptors (Lipinski definition) is 0. The molecule has 58 heavy (non-hydrogen) atoms. The van der Waals surface area contributed by atoms with Crippen LogP contribution in [0.25, 0.3) is 11.1 Å². The van der Waals surface area contributed by atoms with Gasteiger partial charge in [-0.05, 0) is 39.4 Å². The minimum absolute atomic E-state index is 0. The van der Waals surface area contributed by atoms with Crippen molar-refractivity contribution < 1.29 is 48.7 Å². The van der Waals surface area contributed by atoms with Crippen LogP contribution in [-0.2, 0) is 64.8 Å². The number of aryl methyl sites for hydroxylation is 2. The zero-order valence-corrected chi connectivity index (χ0v) is 43.5. The summed E-state index contributed by atoms with van der Waals surface area (Å²) >= 11 is 1.08. The monoisotopic (exact) mass is 982 g/mol. The van der Waals surface area contributed by atoms with Gasteiger partial charge in [0.05, 0.1) is 0 Å². The second kappa shape index (κ2) is 21.9. The molecule has 0 N–H and O–H groups in total. The van der Waals surface area contributed by atoms with E-state index in [2.05, 4.69) is 170 Å². The zero-order valence-electron chi connectivity index (χ0n) is 38.4. The molecule has 0 atom stereocenters. The van der Waals surface area contributed by atoms with Gasteiger partial charge in [-0.3, -0.25) is 0 Å². The van der Waals surface area contributed by atoms with Gasteiger partial charge >= 0.3 is 150 Å². The van der Waals surface area contributed by atoms with E-state index in [1.54, 1.807) is 0 Å². The van der Waals surface area contributed by atoms with Gasteiger partial charge in [0.2, 0.25) is 0 Å². The molecule has 0 aromatic heterocycles. The molecule has 6 rings (SSSR count). The standard InChI is InChI=1S/C29H41.C21H26.C5H5.2ClH.Hf/c1-26(2,3)22-14-18-13-19-15-23(27(4,5)6)25(29(10,11)12)17-21(19)20(18)16-24(22)28(7,8)9;1-3-5-7-18-9-13-20(14-10-18)17-21-15-11-19(12-16-21)8-6-4-2;1-2-4-5-3-1;;;/h14,16-17H,13H2,1-12H3;9-16H,3-8H2,1-2H3;1-5H;2*1H;/q-1;;-1;;;+2/p-2. The fourth-order valence-corrected chi connectivity index (χ4v) is 8.75. The summed E-state index contributed by atoms with van der Waals surface area (Å²) in [6, 6.07) is 39.8. The quantitative estimate of drug-likeness (QED) is 0.106. The molecule has 0 saturated heterocycles. The Labute approximate surface area is 382 Å². The smallest absolute Gasteiger partial charge is 0.172 e. The zero-order chi connectivity index (χ0) is 41.5. The maximum Gasteiger partial charge on any atom is -0.172 e. The summed E-state index contributed by atoms with van der Waals surface area (Å²) in [6.45, 7) is 32.5. The van der Waals surface area contributed by atoms with E-state index < -0.39 is 0 Å². The fraction of sp³-hybridized carbons (Fsp3) is 0.455. The van der Waals surface area contributed by atoms with E-state index in [0.717, 1.165) is 30.3 Å². The van der Waals surface area contributed by atoms with Gasteiger partial charge in [0, 0.05) is 0 Å². The van der Waals surface area contributed by atoms with Crippen LogP contribution in [0.3, 0.4) is 0 Å². The Hall–Kier alpha value is -2.45. The molecule has 0 bridgehead atoms. The van der Waals surface area contributed by atoms with Gasteiger partial charge in [0.1, 0.15) is 0 Å². The van der Waals surface area contributed by atoms with Gasteiger partial charge in [-0.1, -0.05) is 106 Å². The minimum atomic E-state index is 0. The van der Waals surface area contributed by atoms with Crippen molar-refractivity contribution in [1.29, 1.82) is 0 Å². The topological polar surface area (TPSA) is 0 Å². The average molecular weight is 983 g/mol. The normalized spacial score (nSPS) is 12.1. The Balaban J connectivity index is 0.000000354. The maximum atomic E-state index is 3.90. The second-order valence-corrected chi connectivity index (χ2v) is 21.9. The molecule has 5 aromatic rings. The third-order valence-electron chi connectivity index (χ3n) is 10.9. The SMILES string of the molecule is CC(C)(C)c1[c-]c2c(cc1C(C)(C)C)-c1cc(C(C)(C)C)c(C(C)(C)C)cc1C2.CCCCc1ccc([C](=[Hf+2])c2ccc(CCCC)cc2)cc1.[Cl-].[Cl-].c1cc[cH-]c1. The molecular formula is C55H72Cl2Hf-2. The molecule has 5 aromatic carbocycles. The van der Waals surface area contributed by atoms with Gasteiger partial charge in [0.25, 0.3) is 0 Å². The van der Waals surface area contributed by atoms with Gasteiger partial charge in [0.15, 0.2) is 0 Å². The van der Waals surface area contributed by atoms with E-state index in [0.29, 0.717) is 0 Å². The van der Waals surface area contributed by atoms with Crippen LogP contribution in [0.2, 0.25) is 0 Å². The molecule has 3 heteroatoms. The first-order valence-electron chi connectivity index (χ1n) is 21.4. The second-order valence-electron chi connectivity index (χ2n) is 20.1. The Morgan fingerprint density at radius 3 is 1.34 bits per heavy atom. The fourth-order valence-electron chi connectivity index (χ4n) is 7.55. The van der Waals surface area contributed by atoms with E-state index in [1.165, 1.54) is 109 Å². The summed E-state index contributed by atoms with van der Waals surface area (Å²) < 4.78 is 1.50. The minimum Gasteiger partial charge on any atom is -1.00 e. The number of fused-ring (bicyclic) bond motifs is 3. The predicted molar refractivity (Wildman–Crippen MR) is 244 cm³/mol. The van der Waals surface area contributed by atoms with E-state index in [-0.39, 0.29) is 46.5 Å². The molecule has 1 aliphatic carbocycles. The number of rotatable bonds is 8. The molecule has 0 amide bonds. The van der Waals surface area contributed by atoms with Crippen LogP contribution < -0.4 is 24.8 Å². The first-order chi connectivity index (χ1) is 26.1. The largest absolute Gasteiger partial charge is 1.00 e. The molecule has 0 fully saturated rings. The van der Waals surface area contributed by atoms with Crippen LogP contribution in [0.5, 0.6) is 0 Å². The number of halogens is 2. The molecule has 0 saturated carbocycles. The molecule has 0 aliphatic heterocycles. The molecular weight excluding hydrogens is 910 g/mol. The maximum absolute atomic E-state index is 3.90. The molecule has 0 nitrogen and oxygen atoms in total. The Bertz CT molecular complexity index is 1850. The van der Waals surface area contributed by atoms with Gasteiger partial charge in [-0.2, -0.15) is 35.9 Å². The summed E-state index contributed by atoms with van der Waals surface area (Å²) in [5.74, 6) is 0. The summed E-state index contributed by atoms with van der Waals surface area (Å²) in [6.07, 6.45) is 8.53. The molecule has 0 heterocycles. The average Bonchev–Trinajstić information content (AvgIpc) is 3.83. The summed E-state index contributed by atoms with van der Waals surface area (Å²) in [5.41, 5.74) is 17.7. The molecule has 0 unspecified atom stereocenters. The summed E-state index contributed by atoms with van der Waals surface area (Å²) in [7, 11) is 0.